The molecule has 2 heterocycles. The summed E-state index contributed by atoms with van der Waals surface area (Å²) in [5.74, 6) is 0.946. The fourth-order valence-electron chi connectivity index (χ4n) is 3.56. The van der Waals surface area contributed by atoms with Crippen molar-refractivity contribution >= 4 is 5.69 Å². The Kier molecular flexibility index (Phi) is 4.88. The first kappa shape index (κ1) is 16.7. The molecule has 0 atom stereocenters. The van der Waals surface area contributed by atoms with Crippen molar-refractivity contribution in [1.82, 2.24) is 15.1 Å². The average Bonchev–Trinajstić information content (AvgIpc) is 3.17. The molecular weight excluding hydrogens is 324 g/mol. The molecule has 0 aliphatic carbocycles. The molecule has 0 bridgehead atoms. The van der Waals surface area contributed by atoms with Crippen LogP contribution in [0.15, 0.2) is 60.8 Å². The summed E-state index contributed by atoms with van der Waals surface area (Å²) < 4.78 is 5.51. The van der Waals surface area contributed by atoms with Crippen LogP contribution < -0.4 is 9.64 Å². The molecule has 0 spiro atoms. The number of benzene rings is 2. The third-order valence-electron chi connectivity index (χ3n) is 4.97. The van der Waals surface area contributed by atoms with Crippen molar-refractivity contribution in [3.05, 3.63) is 66.4 Å². The zero-order valence-corrected chi connectivity index (χ0v) is 15.1. The van der Waals surface area contributed by atoms with Gasteiger partial charge in [0.05, 0.1) is 24.7 Å². The number of aromatic amines is 1. The van der Waals surface area contributed by atoms with Crippen LogP contribution in [0.1, 0.15) is 5.56 Å². The molecule has 5 nitrogen and oxygen atoms in total. The van der Waals surface area contributed by atoms with E-state index >= 15 is 0 Å². The first-order chi connectivity index (χ1) is 12.8. The van der Waals surface area contributed by atoms with Crippen molar-refractivity contribution in [2.75, 3.05) is 38.2 Å². The predicted molar refractivity (Wildman–Crippen MR) is 105 cm³/mol. The molecule has 134 valence electrons. The van der Waals surface area contributed by atoms with Gasteiger partial charge >= 0.3 is 0 Å². The topological polar surface area (TPSA) is 44.4 Å². The van der Waals surface area contributed by atoms with E-state index in [1.807, 2.05) is 24.4 Å². The third-order valence-corrected chi connectivity index (χ3v) is 4.97. The van der Waals surface area contributed by atoms with Gasteiger partial charge in [0.15, 0.2) is 0 Å². The summed E-state index contributed by atoms with van der Waals surface area (Å²) in [6, 6.07) is 18.7. The van der Waals surface area contributed by atoms with E-state index in [9.17, 15) is 0 Å². The first-order valence-corrected chi connectivity index (χ1v) is 9.03. The number of methoxy groups -OCH3 is 1. The molecule has 3 aromatic rings. The van der Waals surface area contributed by atoms with Crippen molar-refractivity contribution in [2.24, 2.45) is 0 Å². The molecule has 1 aromatic heterocycles. The van der Waals surface area contributed by atoms with E-state index in [0.717, 1.165) is 44.2 Å². The number of hydrogen-bond donors (Lipinski definition) is 1. The third kappa shape index (κ3) is 3.44. The Morgan fingerprint density at radius 1 is 0.962 bits per heavy atom. The van der Waals surface area contributed by atoms with Crippen molar-refractivity contribution in [3.63, 3.8) is 0 Å². The molecular formula is C21H24N4O. The Labute approximate surface area is 154 Å². The van der Waals surface area contributed by atoms with E-state index < -0.39 is 0 Å². The van der Waals surface area contributed by atoms with Crippen molar-refractivity contribution in [1.29, 1.82) is 0 Å². The van der Waals surface area contributed by atoms with E-state index in [-0.39, 0.29) is 0 Å². The van der Waals surface area contributed by atoms with Crippen LogP contribution in [0.4, 0.5) is 5.69 Å². The van der Waals surface area contributed by atoms with Gasteiger partial charge in [0.1, 0.15) is 5.75 Å². The molecule has 2 aromatic carbocycles. The fourth-order valence-corrected chi connectivity index (χ4v) is 3.56. The van der Waals surface area contributed by atoms with Gasteiger partial charge in [-0.15, -0.1) is 0 Å². The molecule has 0 unspecified atom stereocenters. The molecule has 1 N–H and O–H groups in total. The minimum absolute atomic E-state index is 0.917. The quantitative estimate of drug-likeness (QED) is 0.767. The smallest absolute Gasteiger partial charge is 0.142 e. The highest BCUT2D eigenvalue weighted by Crippen LogP contribution is 2.29. The zero-order valence-electron chi connectivity index (χ0n) is 15.1. The van der Waals surface area contributed by atoms with Crippen LogP contribution in [0.5, 0.6) is 5.75 Å². The van der Waals surface area contributed by atoms with Gasteiger partial charge in [-0.25, -0.2) is 0 Å². The Morgan fingerprint density at radius 2 is 1.69 bits per heavy atom. The van der Waals surface area contributed by atoms with Crippen molar-refractivity contribution < 1.29 is 4.74 Å². The van der Waals surface area contributed by atoms with Gasteiger partial charge in [-0.1, -0.05) is 42.5 Å². The van der Waals surface area contributed by atoms with Crippen molar-refractivity contribution in [2.45, 2.75) is 6.54 Å². The SMILES string of the molecule is COc1ccccc1N1CCN(Cc2cn[nH]c2-c2ccccc2)CC1. The van der Waals surface area contributed by atoms with Gasteiger partial charge in [0.2, 0.25) is 0 Å². The molecule has 1 saturated heterocycles. The molecule has 5 heteroatoms. The highest BCUT2D eigenvalue weighted by Gasteiger charge is 2.20. The lowest BCUT2D eigenvalue weighted by Gasteiger charge is -2.36. The number of hydrogen-bond acceptors (Lipinski definition) is 4. The van der Waals surface area contributed by atoms with Crippen LogP contribution in [0.3, 0.4) is 0 Å². The van der Waals surface area contributed by atoms with Crippen LogP contribution in [-0.4, -0.2) is 48.4 Å². The average molecular weight is 348 g/mol. The number of piperazine rings is 1. The van der Waals surface area contributed by atoms with E-state index in [0.29, 0.717) is 0 Å². The lowest BCUT2D eigenvalue weighted by atomic mass is 10.1. The van der Waals surface area contributed by atoms with Gasteiger partial charge in [-0.2, -0.15) is 5.10 Å². The second-order valence-electron chi connectivity index (χ2n) is 6.57. The molecule has 1 aliphatic rings. The Balaban J connectivity index is 1.42. The van der Waals surface area contributed by atoms with E-state index in [2.05, 4.69) is 56.4 Å². The van der Waals surface area contributed by atoms with Gasteiger partial charge in [-0.3, -0.25) is 10.00 Å². The minimum Gasteiger partial charge on any atom is -0.495 e. The predicted octanol–water partition coefficient (Wildman–Crippen LogP) is 3.41. The van der Waals surface area contributed by atoms with E-state index in [1.54, 1.807) is 7.11 Å². The van der Waals surface area contributed by atoms with Gasteiger partial charge < -0.3 is 9.64 Å². The summed E-state index contributed by atoms with van der Waals surface area (Å²) >= 11 is 0. The first-order valence-electron chi connectivity index (χ1n) is 9.03. The maximum Gasteiger partial charge on any atom is 0.142 e. The maximum absolute atomic E-state index is 5.51. The fraction of sp³-hybridized carbons (Fsp3) is 0.286. The number of aromatic nitrogens is 2. The highest BCUT2D eigenvalue weighted by molar-refractivity contribution is 5.62. The summed E-state index contributed by atoms with van der Waals surface area (Å²) in [5, 5.41) is 7.43. The Morgan fingerprint density at radius 3 is 2.46 bits per heavy atom. The summed E-state index contributed by atoms with van der Waals surface area (Å²) in [5.41, 5.74) is 4.75. The summed E-state index contributed by atoms with van der Waals surface area (Å²) in [4.78, 5) is 4.89. The molecule has 0 saturated carbocycles. The number of H-pyrrole nitrogens is 1. The van der Waals surface area contributed by atoms with E-state index in [1.165, 1.54) is 16.8 Å². The van der Waals surface area contributed by atoms with Crippen LogP contribution in [0, 0.1) is 0 Å². The monoisotopic (exact) mass is 348 g/mol. The van der Waals surface area contributed by atoms with Crippen LogP contribution in [-0.2, 0) is 6.54 Å². The molecule has 0 radical (unpaired) electrons. The summed E-state index contributed by atoms with van der Waals surface area (Å²) in [7, 11) is 1.74. The molecule has 0 amide bonds. The number of ether oxygens (including phenoxy) is 1. The zero-order chi connectivity index (χ0) is 17.8. The summed E-state index contributed by atoms with van der Waals surface area (Å²) in [6.45, 7) is 4.97. The van der Waals surface area contributed by atoms with Crippen molar-refractivity contribution in [3.8, 4) is 17.0 Å². The molecule has 1 fully saturated rings. The van der Waals surface area contributed by atoms with Gasteiger partial charge in [-0.05, 0) is 17.7 Å². The highest BCUT2D eigenvalue weighted by atomic mass is 16.5. The second-order valence-corrected chi connectivity index (χ2v) is 6.57. The van der Waals surface area contributed by atoms with E-state index in [4.69, 9.17) is 4.74 Å². The van der Waals surface area contributed by atoms with Gasteiger partial charge in [0.25, 0.3) is 0 Å². The number of para-hydroxylation sites is 2. The number of anilines is 1. The Hall–Kier alpha value is -2.79. The normalized spacial score (nSPS) is 15.2. The maximum atomic E-state index is 5.51. The van der Waals surface area contributed by atoms with Crippen LogP contribution in [0.25, 0.3) is 11.3 Å². The Bertz CT molecular complexity index is 838. The van der Waals surface area contributed by atoms with Gasteiger partial charge in [0, 0.05) is 38.3 Å². The minimum atomic E-state index is 0.917. The summed E-state index contributed by atoms with van der Waals surface area (Å²) in [6.07, 6.45) is 1.95. The second kappa shape index (κ2) is 7.62. The van der Waals surface area contributed by atoms with Crippen LogP contribution >= 0.6 is 0 Å². The molecule has 4 rings (SSSR count). The standard InChI is InChI=1S/C21H24N4O/c1-26-20-10-6-5-9-19(20)25-13-11-24(12-14-25)16-18-15-22-23-21(18)17-7-3-2-4-8-17/h2-10,15H,11-14,16H2,1H3,(H,22,23). The number of nitrogens with zero attached hydrogens (tertiary/aromatic N) is 3. The molecule has 26 heavy (non-hydrogen) atoms. The lowest BCUT2D eigenvalue weighted by molar-refractivity contribution is 0.249. The molecule has 1 aliphatic heterocycles. The number of rotatable bonds is 5. The number of nitrogens with one attached hydrogen (secondary N) is 1. The van der Waals surface area contributed by atoms with Crippen LogP contribution in [0.2, 0.25) is 0 Å². The lowest BCUT2D eigenvalue weighted by Crippen LogP contribution is -2.46. The largest absolute Gasteiger partial charge is 0.495 e.